The summed E-state index contributed by atoms with van der Waals surface area (Å²) in [6, 6.07) is 5.81. The molecule has 3 nitrogen and oxygen atoms in total. The normalized spacial score (nSPS) is 14.9. The maximum Gasteiger partial charge on any atom is 0.323 e. The van der Waals surface area contributed by atoms with E-state index in [0.29, 0.717) is 0 Å². The van der Waals surface area contributed by atoms with Crippen molar-refractivity contribution in [2.45, 2.75) is 39.0 Å². The molecule has 1 fully saturated rings. The highest BCUT2D eigenvalue weighted by Gasteiger charge is 2.07. The number of urea groups is 1. The van der Waals surface area contributed by atoms with Crippen LogP contribution in [0.3, 0.4) is 0 Å². The lowest BCUT2D eigenvalue weighted by Gasteiger charge is -2.14. The number of halogens is 1. The molecule has 1 saturated carbocycles. The molecule has 0 atom stereocenters. The number of benzene rings is 1. The minimum absolute atomic E-state index is 0.164. The molecule has 0 saturated heterocycles. The second kappa shape index (κ2) is 6.93. The van der Waals surface area contributed by atoms with Crippen LogP contribution in [-0.4, -0.2) is 6.03 Å². The zero-order chi connectivity index (χ0) is 13.7. The van der Waals surface area contributed by atoms with Gasteiger partial charge in [0.1, 0.15) is 0 Å². The molecular weight excluding hydrogens is 351 g/mol. The quantitative estimate of drug-likeness (QED) is 0.736. The third-order valence-corrected chi connectivity index (χ3v) is 4.01. The van der Waals surface area contributed by atoms with Crippen molar-refractivity contribution >= 4 is 34.3 Å². The van der Waals surface area contributed by atoms with E-state index in [-0.39, 0.29) is 6.03 Å². The maximum atomic E-state index is 11.8. The fraction of sp³-hybridized carbons (Fsp3) is 0.400. The first kappa shape index (κ1) is 14.4. The van der Waals surface area contributed by atoms with Crippen LogP contribution in [0.25, 0.3) is 0 Å². The van der Waals surface area contributed by atoms with Crippen LogP contribution in [0.1, 0.15) is 37.7 Å². The molecular formula is C15H19IN2O. The Balaban J connectivity index is 1.90. The van der Waals surface area contributed by atoms with Gasteiger partial charge in [-0.25, -0.2) is 4.79 Å². The van der Waals surface area contributed by atoms with Gasteiger partial charge in [0.05, 0.1) is 0 Å². The lowest BCUT2D eigenvalue weighted by Crippen LogP contribution is -2.25. The molecule has 4 heteroatoms. The Hall–Kier alpha value is -1.04. The highest BCUT2D eigenvalue weighted by atomic mass is 127. The standard InChI is InChI=1S/C15H19IN2O/c1-11-9-13(16)7-8-14(11)18-15(19)17-10-12-5-3-2-4-6-12/h7-10H,2-6H2,1H3,(H2,17,18,19). The van der Waals surface area contributed by atoms with Gasteiger partial charge in [0.25, 0.3) is 0 Å². The number of hydrogen-bond acceptors (Lipinski definition) is 1. The van der Waals surface area contributed by atoms with Crippen molar-refractivity contribution in [3.05, 3.63) is 39.1 Å². The second-order valence-electron chi connectivity index (χ2n) is 4.92. The molecule has 2 N–H and O–H groups in total. The molecule has 102 valence electrons. The number of rotatable bonds is 2. The third-order valence-electron chi connectivity index (χ3n) is 3.34. The summed E-state index contributed by atoms with van der Waals surface area (Å²) in [5, 5.41) is 5.71. The molecule has 1 aromatic rings. The Bertz CT molecular complexity index is 489. The summed E-state index contributed by atoms with van der Waals surface area (Å²) < 4.78 is 1.17. The van der Waals surface area contributed by atoms with Crippen molar-refractivity contribution < 1.29 is 4.79 Å². The number of hydrogen-bond donors (Lipinski definition) is 2. The van der Waals surface area contributed by atoms with E-state index in [9.17, 15) is 4.79 Å². The SMILES string of the molecule is Cc1cc(I)ccc1NC(=O)NC=C1CCCCC1. The average molecular weight is 370 g/mol. The van der Waals surface area contributed by atoms with E-state index in [0.717, 1.165) is 24.1 Å². The number of allylic oxidation sites excluding steroid dienone is 1. The van der Waals surface area contributed by atoms with Crippen molar-refractivity contribution in [1.82, 2.24) is 5.32 Å². The monoisotopic (exact) mass is 370 g/mol. The number of nitrogens with one attached hydrogen (secondary N) is 2. The molecule has 0 heterocycles. The first-order valence-corrected chi connectivity index (χ1v) is 7.74. The summed E-state index contributed by atoms with van der Waals surface area (Å²) in [4.78, 5) is 11.8. The highest BCUT2D eigenvalue weighted by molar-refractivity contribution is 14.1. The molecule has 2 rings (SSSR count). The highest BCUT2D eigenvalue weighted by Crippen LogP contribution is 2.22. The number of aryl methyl sites for hydroxylation is 1. The third kappa shape index (κ3) is 4.53. The molecule has 1 aliphatic carbocycles. The fourth-order valence-electron chi connectivity index (χ4n) is 2.24. The van der Waals surface area contributed by atoms with Crippen LogP contribution in [0.4, 0.5) is 10.5 Å². The molecule has 1 aliphatic rings. The van der Waals surface area contributed by atoms with Gasteiger partial charge < -0.3 is 10.6 Å². The molecule has 0 aliphatic heterocycles. The van der Waals surface area contributed by atoms with E-state index in [4.69, 9.17) is 0 Å². The summed E-state index contributed by atoms with van der Waals surface area (Å²) >= 11 is 2.26. The van der Waals surface area contributed by atoms with Gasteiger partial charge in [-0.05, 0) is 79.0 Å². The lowest BCUT2D eigenvalue weighted by atomic mass is 9.96. The minimum atomic E-state index is -0.164. The summed E-state index contributed by atoms with van der Waals surface area (Å²) in [5.41, 5.74) is 3.29. The van der Waals surface area contributed by atoms with Crippen molar-refractivity contribution in [2.75, 3.05) is 5.32 Å². The van der Waals surface area contributed by atoms with Crippen LogP contribution in [0.2, 0.25) is 0 Å². The van der Waals surface area contributed by atoms with E-state index in [1.807, 2.05) is 25.3 Å². The van der Waals surface area contributed by atoms with Gasteiger partial charge in [0, 0.05) is 15.5 Å². The number of amides is 2. The second-order valence-corrected chi connectivity index (χ2v) is 6.17. The maximum absolute atomic E-state index is 11.8. The van der Waals surface area contributed by atoms with Crippen LogP contribution in [0.5, 0.6) is 0 Å². The van der Waals surface area contributed by atoms with E-state index >= 15 is 0 Å². The lowest BCUT2D eigenvalue weighted by molar-refractivity contribution is 0.255. The van der Waals surface area contributed by atoms with Crippen LogP contribution < -0.4 is 10.6 Å². The van der Waals surface area contributed by atoms with E-state index in [1.54, 1.807) is 0 Å². The van der Waals surface area contributed by atoms with Gasteiger partial charge in [-0.3, -0.25) is 0 Å². The number of carbonyl (C=O) groups excluding carboxylic acids is 1. The summed E-state index contributed by atoms with van der Waals surface area (Å²) in [7, 11) is 0. The number of anilines is 1. The Morgan fingerprint density at radius 2 is 2.00 bits per heavy atom. The zero-order valence-corrected chi connectivity index (χ0v) is 13.3. The van der Waals surface area contributed by atoms with Crippen molar-refractivity contribution in [2.24, 2.45) is 0 Å². The molecule has 0 bridgehead atoms. The van der Waals surface area contributed by atoms with Crippen molar-refractivity contribution in [3.63, 3.8) is 0 Å². The molecule has 19 heavy (non-hydrogen) atoms. The first-order chi connectivity index (χ1) is 9.15. The van der Waals surface area contributed by atoms with E-state index in [1.165, 1.54) is 28.4 Å². The molecule has 2 amide bonds. The average Bonchev–Trinajstić information content (AvgIpc) is 2.41. The zero-order valence-electron chi connectivity index (χ0n) is 11.1. The first-order valence-electron chi connectivity index (χ1n) is 6.67. The van der Waals surface area contributed by atoms with Gasteiger partial charge in [-0.2, -0.15) is 0 Å². The predicted octanol–water partition coefficient (Wildman–Crippen LogP) is 4.57. The Morgan fingerprint density at radius 1 is 1.26 bits per heavy atom. The van der Waals surface area contributed by atoms with Gasteiger partial charge in [0.2, 0.25) is 0 Å². The Kier molecular flexibility index (Phi) is 5.24. The number of carbonyl (C=O) groups is 1. The van der Waals surface area contributed by atoms with Gasteiger partial charge in [0.15, 0.2) is 0 Å². The Labute approximate surface area is 128 Å². The van der Waals surface area contributed by atoms with Gasteiger partial charge in [-0.15, -0.1) is 0 Å². The molecule has 0 radical (unpaired) electrons. The molecule has 1 aromatic carbocycles. The van der Waals surface area contributed by atoms with E-state index < -0.39 is 0 Å². The van der Waals surface area contributed by atoms with Crippen LogP contribution in [0.15, 0.2) is 30.0 Å². The minimum Gasteiger partial charge on any atom is -0.314 e. The molecule has 0 spiro atoms. The predicted molar refractivity (Wildman–Crippen MR) is 87.2 cm³/mol. The molecule has 0 unspecified atom stereocenters. The summed E-state index contributed by atoms with van der Waals surface area (Å²) in [6.45, 7) is 2.00. The summed E-state index contributed by atoms with van der Waals surface area (Å²) in [6.07, 6.45) is 7.89. The van der Waals surface area contributed by atoms with Crippen LogP contribution in [0, 0.1) is 10.5 Å². The van der Waals surface area contributed by atoms with Crippen LogP contribution >= 0.6 is 22.6 Å². The summed E-state index contributed by atoms with van der Waals surface area (Å²) in [5.74, 6) is 0. The van der Waals surface area contributed by atoms with Gasteiger partial charge >= 0.3 is 6.03 Å². The van der Waals surface area contributed by atoms with Crippen LogP contribution in [-0.2, 0) is 0 Å². The van der Waals surface area contributed by atoms with Crippen molar-refractivity contribution in [3.8, 4) is 0 Å². The fourth-order valence-corrected chi connectivity index (χ4v) is 2.89. The largest absolute Gasteiger partial charge is 0.323 e. The Morgan fingerprint density at radius 3 is 2.68 bits per heavy atom. The smallest absolute Gasteiger partial charge is 0.314 e. The molecule has 0 aromatic heterocycles. The van der Waals surface area contributed by atoms with Crippen molar-refractivity contribution in [1.29, 1.82) is 0 Å². The van der Waals surface area contributed by atoms with Gasteiger partial charge in [-0.1, -0.05) is 12.0 Å². The topological polar surface area (TPSA) is 41.1 Å². The van der Waals surface area contributed by atoms with E-state index in [2.05, 4.69) is 39.3 Å².